The van der Waals surface area contributed by atoms with E-state index in [0.29, 0.717) is 17.7 Å². The number of likely N-dealkylation sites (tertiary alicyclic amines) is 1. The van der Waals surface area contributed by atoms with Crippen LogP contribution in [0, 0.1) is 17.8 Å². The van der Waals surface area contributed by atoms with Crippen molar-refractivity contribution in [2.45, 2.75) is 59.4 Å². The van der Waals surface area contributed by atoms with Gasteiger partial charge in [-0.1, -0.05) is 27.2 Å². The summed E-state index contributed by atoms with van der Waals surface area (Å²) in [5, 5.41) is 0. The molecule has 0 aromatic rings. The smallest absolute Gasteiger partial charge is 0.225 e. The third kappa shape index (κ3) is 4.60. The van der Waals surface area contributed by atoms with E-state index < -0.39 is 0 Å². The fourth-order valence-electron chi connectivity index (χ4n) is 2.71. The number of hydrogen-bond donors (Lipinski definition) is 1. The van der Waals surface area contributed by atoms with E-state index in [1.165, 1.54) is 6.42 Å². The van der Waals surface area contributed by atoms with E-state index in [-0.39, 0.29) is 12.0 Å². The van der Waals surface area contributed by atoms with Crippen molar-refractivity contribution in [3.63, 3.8) is 0 Å². The van der Waals surface area contributed by atoms with Crippen molar-refractivity contribution in [2.24, 2.45) is 23.5 Å². The van der Waals surface area contributed by atoms with Gasteiger partial charge in [-0.05, 0) is 38.0 Å². The average molecular weight is 254 g/mol. The van der Waals surface area contributed by atoms with Gasteiger partial charge >= 0.3 is 0 Å². The molecule has 3 unspecified atom stereocenters. The zero-order valence-electron chi connectivity index (χ0n) is 12.5. The third-order valence-corrected chi connectivity index (χ3v) is 4.20. The van der Waals surface area contributed by atoms with Gasteiger partial charge in [0.15, 0.2) is 0 Å². The second-order valence-corrected chi connectivity index (χ2v) is 6.39. The second kappa shape index (κ2) is 7.13. The van der Waals surface area contributed by atoms with Crippen molar-refractivity contribution < 1.29 is 4.79 Å². The number of nitrogens with two attached hydrogens (primary N) is 1. The SMILES string of the molecule is CC(N)CCCC(C)C(=O)N1CCC(C(C)C)C1. The summed E-state index contributed by atoms with van der Waals surface area (Å²) in [4.78, 5) is 14.4. The minimum atomic E-state index is 0.162. The van der Waals surface area contributed by atoms with Gasteiger partial charge in [0.25, 0.3) is 0 Å². The Morgan fingerprint density at radius 2 is 1.94 bits per heavy atom. The summed E-state index contributed by atoms with van der Waals surface area (Å²) < 4.78 is 0. The van der Waals surface area contributed by atoms with Gasteiger partial charge in [0, 0.05) is 25.0 Å². The van der Waals surface area contributed by atoms with E-state index in [4.69, 9.17) is 5.73 Å². The van der Waals surface area contributed by atoms with E-state index in [0.717, 1.165) is 32.4 Å². The average Bonchev–Trinajstić information content (AvgIpc) is 2.76. The monoisotopic (exact) mass is 254 g/mol. The van der Waals surface area contributed by atoms with Crippen LogP contribution in [-0.2, 0) is 4.79 Å². The van der Waals surface area contributed by atoms with Crippen molar-refractivity contribution >= 4 is 5.91 Å². The fourth-order valence-corrected chi connectivity index (χ4v) is 2.71. The predicted molar refractivity (Wildman–Crippen MR) is 76.2 cm³/mol. The molecule has 18 heavy (non-hydrogen) atoms. The van der Waals surface area contributed by atoms with Crippen LogP contribution in [0.25, 0.3) is 0 Å². The first-order valence-corrected chi connectivity index (χ1v) is 7.46. The number of carbonyl (C=O) groups is 1. The van der Waals surface area contributed by atoms with E-state index >= 15 is 0 Å². The van der Waals surface area contributed by atoms with Crippen LogP contribution < -0.4 is 5.73 Å². The Hall–Kier alpha value is -0.570. The summed E-state index contributed by atoms with van der Waals surface area (Å²) in [5.41, 5.74) is 5.73. The van der Waals surface area contributed by atoms with Gasteiger partial charge in [0.1, 0.15) is 0 Å². The van der Waals surface area contributed by atoms with E-state index in [1.807, 2.05) is 6.92 Å². The molecule has 0 aliphatic carbocycles. The number of amides is 1. The van der Waals surface area contributed by atoms with Crippen LogP contribution in [0.3, 0.4) is 0 Å². The normalized spacial score (nSPS) is 23.4. The quantitative estimate of drug-likeness (QED) is 0.792. The lowest BCUT2D eigenvalue weighted by Gasteiger charge is -2.22. The summed E-state index contributed by atoms with van der Waals surface area (Å²) in [6.07, 6.45) is 4.23. The molecule has 1 amide bonds. The largest absolute Gasteiger partial charge is 0.342 e. The van der Waals surface area contributed by atoms with Gasteiger partial charge in [-0.3, -0.25) is 4.79 Å². The molecule has 2 N–H and O–H groups in total. The zero-order valence-corrected chi connectivity index (χ0v) is 12.5. The van der Waals surface area contributed by atoms with Gasteiger partial charge in [-0.25, -0.2) is 0 Å². The van der Waals surface area contributed by atoms with Crippen LogP contribution in [0.15, 0.2) is 0 Å². The molecule has 0 saturated carbocycles. The highest BCUT2D eigenvalue weighted by Gasteiger charge is 2.29. The molecular weight excluding hydrogens is 224 g/mol. The number of hydrogen-bond acceptors (Lipinski definition) is 2. The fraction of sp³-hybridized carbons (Fsp3) is 0.933. The first kappa shape index (κ1) is 15.5. The minimum absolute atomic E-state index is 0.162. The van der Waals surface area contributed by atoms with E-state index in [9.17, 15) is 4.79 Å². The standard InChI is InChI=1S/C15H30N2O/c1-11(2)14-8-9-17(10-14)15(18)12(3)6-5-7-13(4)16/h11-14H,5-10,16H2,1-4H3. The van der Waals surface area contributed by atoms with Crippen molar-refractivity contribution in [3.8, 4) is 0 Å². The van der Waals surface area contributed by atoms with Gasteiger partial charge in [0.05, 0.1) is 0 Å². The van der Waals surface area contributed by atoms with Gasteiger partial charge in [-0.2, -0.15) is 0 Å². The van der Waals surface area contributed by atoms with Gasteiger partial charge < -0.3 is 10.6 Å². The number of nitrogens with zero attached hydrogens (tertiary/aromatic N) is 1. The van der Waals surface area contributed by atoms with E-state index in [1.54, 1.807) is 0 Å². The topological polar surface area (TPSA) is 46.3 Å². The molecule has 1 aliphatic rings. The third-order valence-electron chi connectivity index (χ3n) is 4.20. The van der Waals surface area contributed by atoms with Crippen LogP contribution in [0.2, 0.25) is 0 Å². The molecule has 1 rings (SSSR count). The lowest BCUT2D eigenvalue weighted by molar-refractivity contribution is -0.134. The van der Waals surface area contributed by atoms with Crippen molar-refractivity contribution in [1.29, 1.82) is 0 Å². The molecule has 3 heteroatoms. The predicted octanol–water partition coefficient (Wildman–Crippen LogP) is 2.64. The number of rotatable bonds is 6. The van der Waals surface area contributed by atoms with Crippen LogP contribution in [0.5, 0.6) is 0 Å². The summed E-state index contributed by atoms with van der Waals surface area (Å²) in [5.74, 6) is 1.90. The Labute approximate surface area is 112 Å². The summed E-state index contributed by atoms with van der Waals surface area (Å²) in [7, 11) is 0. The molecule has 0 aromatic heterocycles. The Kier molecular flexibility index (Phi) is 6.13. The van der Waals surface area contributed by atoms with Crippen LogP contribution >= 0.6 is 0 Å². The van der Waals surface area contributed by atoms with Crippen molar-refractivity contribution in [1.82, 2.24) is 4.90 Å². The lowest BCUT2D eigenvalue weighted by Crippen LogP contribution is -2.33. The highest BCUT2D eigenvalue weighted by atomic mass is 16.2. The van der Waals surface area contributed by atoms with Crippen LogP contribution in [0.1, 0.15) is 53.4 Å². The van der Waals surface area contributed by atoms with E-state index in [2.05, 4.69) is 25.7 Å². The van der Waals surface area contributed by atoms with Crippen molar-refractivity contribution in [3.05, 3.63) is 0 Å². The summed E-state index contributed by atoms with van der Waals surface area (Å²) >= 11 is 0. The molecule has 1 heterocycles. The van der Waals surface area contributed by atoms with Crippen LogP contribution in [-0.4, -0.2) is 29.9 Å². The lowest BCUT2D eigenvalue weighted by atomic mass is 9.95. The molecule has 0 aromatic carbocycles. The second-order valence-electron chi connectivity index (χ2n) is 6.39. The van der Waals surface area contributed by atoms with Crippen LogP contribution in [0.4, 0.5) is 0 Å². The Balaban J connectivity index is 2.31. The highest BCUT2D eigenvalue weighted by Crippen LogP contribution is 2.25. The molecule has 106 valence electrons. The number of carbonyl (C=O) groups excluding carboxylic acids is 1. The Morgan fingerprint density at radius 1 is 1.28 bits per heavy atom. The van der Waals surface area contributed by atoms with Gasteiger partial charge in [-0.15, -0.1) is 0 Å². The molecule has 1 saturated heterocycles. The molecule has 0 bridgehead atoms. The molecule has 1 aliphatic heterocycles. The van der Waals surface area contributed by atoms with Crippen molar-refractivity contribution in [2.75, 3.05) is 13.1 Å². The maximum Gasteiger partial charge on any atom is 0.225 e. The molecule has 0 radical (unpaired) electrons. The zero-order chi connectivity index (χ0) is 13.7. The first-order valence-electron chi connectivity index (χ1n) is 7.46. The minimum Gasteiger partial charge on any atom is -0.342 e. The maximum atomic E-state index is 12.3. The summed E-state index contributed by atoms with van der Waals surface area (Å²) in [6.45, 7) is 10.5. The summed E-state index contributed by atoms with van der Waals surface area (Å²) in [6, 6.07) is 0.254. The Morgan fingerprint density at radius 3 is 2.44 bits per heavy atom. The highest BCUT2D eigenvalue weighted by molar-refractivity contribution is 5.78. The maximum absolute atomic E-state index is 12.3. The molecule has 3 nitrogen and oxygen atoms in total. The Bertz CT molecular complexity index is 263. The molecular formula is C15H30N2O. The molecule has 1 fully saturated rings. The molecule has 3 atom stereocenters. The molecule has 0 spiro atoms. The van der Waals surface area contributed by atoms with Gasteiger partial charge in [0.2, 0.25) is 5.91 Å². The first-order chi connectivity index (χ1) is 8.41.